The minimum absolute atomic E-state index is 0.240. The summed E-state index contributed by atoms with van der Waals surface area (Å²) < 4.78 is 32.9. The van der Waals surface area contributed by atoms with Crippen molar-refractivity contribution in [1.82, 2.24) is 15.3 Å². The fraction of sp³-hybridized carbons (Fsp3) is 0.107. The van der Waals surface area contributed by atoms with Crippen molar-refractivity contribution in [3.63, 3.8) is 0 Å². The van der Waals surface area contributed by atoms with Gasteiger partial charge in [0.15, 0.2) is 5.82 Å². The van der Waals surface area contributed by atoms with E-state index in [0.29, 0.717) is 29.2 Å². The molecular weight excluding hydrogens is 549 g/mol. The summed E-state index contributed by atoms with van der Waals surface area (Å²) in [5, 5.41) is 5.36. The van der Waals surface area contributed by atoms with E-state index >= 15 is 0 Å². The standard InChI is InChI=1S/C28H22Cl2F2N4O3/c1-39-28(38)33-18-9-7-17(8-10-18)25-26(30)36-27(35-25)22(15-16-5-3-2-4-6-16)34-23(37)14-11-19-21(31)13-12-20(29)24(19)32/h2-14,22H,15H2,1H3,(H,33,38)(H,34,37)(H,35,36)/t22-/m0/s1. The summed E-state index contributed by atoms with van der Waals surface area (Å²) in [5.41, 5.74) is 2.10. The van der Waals surface area contributed by atoms with Crippen LogP contribution in [0.2, 0.25) is 10.2 Å². The number of H-pyrrole nitrogens is 1. The number of anilines is 1. The maximum absolute atomic E-state index is 14.2. The number of hydrogen-bond acceptors (Lipinski definition) is 4. The van der Waals surface area contributed by atoms with Crippen molar-refractivity contribution in [1.29, 1.82) is 0 Å². The van der Waals surface area contributed by atoms with E-state index in [4.69, 9.17) is 23.2 Å². The number of benzene rings is 3. The van der Waals surface area contributed by atoms with Crippen molar-refractivity contribution in [2.75, 3.05) is 12.4 Å². The number of halogens is 4. The maximum Gasteiger partial charge on any atom is 0.411 e. The van der Waals surface area contributed by atoms with Crippen LogP contribution in [-0.4, -0.2) is 29.1 Å². The van der Waals surface area contributed by atoms with Gasteiger partial charge in [-0.25, -0.2) is 18.6 Å². The number of methoxy groups -OCH3 is 1. The molecule has 3 aromatic carbocycles. The molecule has 11 heteroatoms. The minimum atomic E-state index is -0.961. The predicted octanol–water partition coefficient (Wildman–Crippen LogP) is 6.95. The number of aromatic amines is 1. The number of ether oxygens (including phenoxy) is 1. The lowest BCUT2D eigenvalue weighted by atomic mass is 10.1. The van der Waals surface area contributed by atoms with Crippen LogP contribution in [0.4, 0.5) is 19.3 Å². The number of nitrogens with one attached hydrogen (secondary N) is 3. The van der Waals surface area contributed by atoms with Crippen molar-refractivity contribution >= 4 is 47.0 Å². The van der Waals surface area contributed by atoms with Crippen LogP contribution < -0.4 is 10.6 Å². The summed E-state index contributed by atoms with van der Waals surface area (Å²) in [5.74, 6) is -2.05. The van der Waals surface area contributed by atoms with E-state index < -0.39 is 35.2 Å². The summed E-state index contributed by atoms with van der Waals surface area (Å²) >= 11 is 12.2. The van der Waals surface area contributed by atoms with E-state index in [2.05, 4.69) is 25.3 Å². The smallest absolute Gasteiger partial charge is 0.411 e. The van der Waals surface area contributed by atoms with Gasteiger partial charge >= 0.3 is 6.09 Å². The number of rotatable bonds is 8. The third kappa shape index (κ3) is 7.01. The molecule has 1 aromatic heterocycles. The molecule has 2 amide bonds. The highest BCUT2D eigenvalue weighted by Crippen LogP contribution is 2.29. The number of aromatic nitrogens is 2. The number of hydrogen-bond donors (Lipinski definition) is 3. The Labute approximate surface area is 232 Å². The first-order valence-electron chi connectivity index (χ1n) is 11.6. The predicted molar refractivity (Wildman–Crippen MR) is 146 cm³/mol. The summed E-state index contributed by atoms with van der Waals surface area (Å²) in [6.45, 7) is 0. The van der Waals surface area contributed by atoms with Gasteiger partial charge in [-0.2, -0.15) is 0 Å². The lowest BCUT2D eigenvalue weighted by Crippen LogP contribution is -2.29. The molecule has 7 nitrogen and oxygen atoms in total. The van der Waals surface area contributed by atoms with Gasteiger partial charge in [0.05, 0.1) is 18.2 Å². The van der Waals surface area contributed by atoms with Gasteiger partial charge in [-0.1, -0.05) is 65.7 Å². The molecule has 200 valence electrons. The van der Waals surface area contributed by atoms with Crippen molar-refractivity contribution in [3.8, 4) is 11.3 Å². The average molecular weight is 571 g/mol. The number of amides is 2. The molecule has 0 bridgehead atoms. The third-order valence-electron chi connectivity index (χ3n) is 5.68. The molecule has 0 aliphatic rings. The van der Waals surface area contributed by atoms with Crippen molar-refractivity contribution in [2.24, 2.45) is 0 Å². The van der Waals surface area contributed by atoms with Crippen LogP contribution in [0.25, 0.3) is 17.3 Å². The summed E-state index contributed by atoms with van der Waals surface area (Å²) in [6, 6.07) is 17.6. The third-order valence-corrected chi connectivity index (χ3v) is 6.24. The van der Waals surface area contributed by atoms with Crippen LogP contribution >= 0.6 is 23.2 Å². The van der Waals surface area contributed by atoms with Crippen LogP contribution in [0.1, 0.15) is 23.0 Å². The highest BCUT2D eigenvalue weighted by atomic mass is 35.5. The van der Waals surface area contributed by atoms with Crippen LogP contribution in [0.5, 0.6) is 0 Å². The Bertz CT molecular complexity index is 1510. The van der Waals surface area contributed by atoms with Crippen LogP contribution in [-0.2, 0) is 16.0 Å². The Kier molecular flexibility index (Phi) is 8.96. The van der Waals surface area contributed by atoms with E-state index in [-0.39, 0.29) is 10.2 Å². The van der Waals surface area contributed by atoms with Gasteiger partial charge in [0.25, 0.3) is 0 Å². The maximum atomic E-state index is 14.2. The fourth-order valence-corrected chi connectivity index (χ4v) is 4.16. The van der Waals surface area contributed by atoms with Crippen LogP contribution in [0, 0.1) is 11.6 Å². The molecule has 0 saturated carbocycles. The highest BCUT2D eigenvalue weighted by Gasteiger charge is 2.21. The zero-order valence-electron chi connectivity index (χ0n) is 20.5. The molecule has 1 atom stereocenters. The molecule has 39 heavy (non-hydrogen) atoms. The first-order valence-corrected chi connectivity index (χ1v) is 12.4. The molecule has 1 heterocycles. The Morgan fingerprint density at radius 2 is 1.77 bits per heavy atom. The first kappa shape index (κ1) is 27.8. The van der Waals surface area contributed by atoms with Crippen LogP contribution in [0.15, 0.2) is 72.8 Å². The summed E-state index contributed by atoms with van der Waals surface area (Å²) in [6.07, 6.45) is 1.80. The quantitative estimate of drug-likeness (QED) is 0.158. The van der Waals surface area contributed by atoms with Crippen molar-refractivity contribution < 1.29 is 23.1 Å². The van der Waals surface area contributed by atoms with Gasteiger partial charge in [0.1, 0.15) is 22.5 Å². The van der Waals surface area contributed by atoms with Gasteiger partial charge in [-0.15, -0.1) is 0 Å². The molecule has 0 fully saturated rings. The molecule has 0 aliphatic carbocycles. The largest absolute Gasteiger partial charge is 0.453 e. The van der Waals surface area contributed by atoms with Crippen LogP contribution in [0.3, 0.4) is 0 Å². The minimum Gasteiger partial charge on any atom is -0.453 e. The average Bonchev–Trinajstić information content (AvgIpc) is 3.33. The molecule has 3 N–H and O–H groups in total. The Morgan fingerprint density at radius 1 is 1.05 bits per heavy atom. The molecular formula is C28H22Cl2F2N4O3. The topological polar surface area (TPSA) is 96.1 Å². The summed E-state index contributed by atoms with van der Waals surface area (Å²) in [4.78, 5) is 31.9. The van der Waals surface area contributed by atoms with Gasteiger partial charge in [-0.05, 0) is 42.3 Å². The molecule has 0 unspecified atom stereocenters. The van der Waals surface area contributed by atoms with Crippen molar-refractivity contribution in [2.45, 2.75) is 12.5 Å². The zero-order chi connectivity index (χ0) is 27.9. The Hall–Kier alpha value is -4.21. The monoisotopic (exact) mass is 570 g/mol. The summed E-state index contributed by atoms with van der Waals surface area (Å²) in [7, 11) is 1.27. The van der Waals surface area contributed by atoms with E-state index in [1.165, 1.54) is 7.11 Å². The fourth-order valence-electron chi connectivity index (χ4n) is 3.75. The Morgan fingerprint density at radius 3 is 2.46 bits per heavy atom. The normalized spacial score (nSPS) is 11.8. The van der Waals surface area contributed by atoms with E-state index in [1.54, 1.807) is 24.3 Å². The van der Waals surface area contributed by atoms with Gasteiger partial charge < -0.3 is 15.0 Å². The molecule has 0 saturated heterocycles. The van der Waals surface area contributed by atoms with E-state index in [9.17, 15) is 18.4 Å². The lowest BCUT2D eigenvalue weighted by molar-refractivity contribution is -0.117. The second-order valence-corrected chi connectivity index (χ2v) is 9.10. The second kappa shape index (κ2) is 12.6. The molecule has 4 aromatic rings. The number of carbonyl (C=O) groups excluding carboxylic acids is 2. The highest BCUT2D eigenvalue weighted by molar-refractivity contribution is 6.32. The SMILES string of the molecule is COC(=O)Nc1ccc(-c2nc([C@H](Cc3ccccc3)NC(=O)C=Cc3c(F)ccc(Cl)c3F)[nH]c2Cl)cc1. The molecule has 4 rings (SSSR count). The number of carbonyl (C=O) groups is 2. The van der Waals surface area contributed by atoms with Crippen molar-refractivity contribution in [3.05, 3.63) is 112 Å². The molecule has 0 radical (unpaired) electrons. The number of nitrogens with zero attached hydrogens (tertiary/aromatic N) is 1. The van der Waals surface area contributed by atoms with Gasteiger partial charge in [-0.3, -0.25) is 10.1 Å². The zero-order valence-corrected chi connectivity index (χ0v) is 22.0. The second-order valence-electron chi connectivity index (χ2n) is 8.32. The molecule has 0 spiro atoms. The number of imidazole rings is 1. The Balaban J connectivity index is 1.59. The van der Waals surface area contributed by atoms with E-state index in [0.717, 1.165) is 29.8 Å². The lowest BCUT2D eigenvalue weighted by Gasteiger charge is -2.16. The first-order chi connectivity index (χ1) is 18.7. The van der Waals surface area contributed by atoms with Gasteiger partial charge in [0, 0.05) is 22.9 Å². The van der Waals surface area contributed by atoms with Gasteiger partial charge in [0.2, 0.25) is 5.91 Å². The van der Waals surface area contributed by atoms with E-state index in [1.807, 2.05) is 30.3 Å². The molecule has 0 aliphatic heterocycles.